The third-order valence-corrected chi connectivity index (χ3v) is 3.81. The van der Waals surface area contributed by atoms with Gasteiger partial charge in [0, 0.05) is 13.0 Å². The summed E-state index contributed by atoms with van der Waals surface area (Å²) in [6.45, 7) is 0.180. The Labute approximate surface area is 130 Å². The molecule has 0 atom stereocenters. The Morgan fingerprint density at radius 1 is 1.23 bits per heavy atom. The Morgan fingerprint density at radius 3 is 2.73 bits per heavy atom. The van der Waals surface area contributed by atoms with Crippen molar-refractivity contribution in [3.05, 3.63) is 29.8 Å². The van der Waals surface area contributed by atoms with Crippen LogP contribution in [0.3, 0.4) is 0 Å². The van der Waals surface area contributed by atoms with Crippen LogP contribution in [0.15, 0.2) is 24.3 Å². The summed E-state index contributed by atoms with van der Waals surface area (Å²) in [5, 5.41) is 11.1. The minimum absolute atomic E-state index is 0.0452. The fourth-order valence-electron chi connectivity index (χ4n) is 2.63. The normalized spacial score (nSPS) is 14.7. The number of nitrogens with one attached hydrogen (secondary N) is 1. The summed E-state index contributed by atoms with van der Waals surface area (Å²) in [4.78, 5) is 22.0. The van der Waals surface area contributed by atoms with Crippen LogP contribution >= 0.6 is 0 Å². The van der Waals surface area contributed by atoms with Crippen LogP contribution in [0.5, 0.6) is 5.75 Å². The number of aliphatic carboxylic acids is 1. The Bertz CT molecular complexity index is 509. The highest BCUT2D eigenvalue weighted by Crippen LogP contribution is 2.24. The highest BCUT2D eigenvalue weighted by molar-refractivity contribution is 5.77. The van der Waals surface area contributed by atoms with Crippen molar-refractivity contribution in [3.8, 4) is 5.75 Å². The first-order valence-corrected chi connectivity index (χ1v) is 7.87. The Balaban J connectivity index is 1.75. The third kappa shape index (κ3) is 5.76. The molecule has 1 fully saturated rings. The average molecular weight is 305 g/mol. The van der Waals surface area contributed by atoms with Gasteiger partial charge in [0.05, 0.1) is 12.5 Å². The molecule has 0 radical (unpaired) electrons. The first kappa shape index (κ1) is 16.3. The first-order valence-electron chi connectivity index (χ1n) is 7.87. The number of ether oxygens (including phenoxy) is 1. The smallest absolute Gasteiger partial charge is 0.305 e. The standard InChI is InChI=1S/C17H23NO4/c19-16(18-11-10-17(20)21)9-8-13-4-3-7-15(12-13)22-14-5-1-2-6-14/h3-4,7,12,14H,1-2,5-6,8-11H2,(H,18,19)(H,20,21). The zero-order chi connectivity index (χ0) is 15.8. The molecule has 1 aliphatic carbocycles. The third-order valence-electron chi connectivity index (χ3n) is 3.81. The maximum atomic E-state index is 11.6. The van der Waals surface area contributed by atoms with Crippen LogP contribution in [0, 0.1) is 0 Å². The highest BCUT2D eigenvalue weighted by atomic mass is 16.5. The van der Waals surface area contributed by atoms with E-state index >= 15 is 0 Å². The molecule has 0 spiro atoms. The van der Waals surface area contributed by atoms with Gasteiger partial charge >= 0.3 is 5.97 Å². The summed E-state index contributed by atoms with van der Waals surface area (Å²) >= 11 is 0. The van der Waals surface area contributed by atoms with Gasteiger partial charge in [-0.15, -0.1) is 0 Å². The maximum absolute atomic E-state index is 11.6. The van der Waals surface area contributed by atoms with Crippen LogP contribution in [0.25, 0.3) is 0 Å². The average Bonchev–Trinajstić information content (AvgIpc) is 2.98. The minimum atomic E-state index is -0.905. The van der Waals surface area contributed by atoms with Crippen molar-refractivity contribution in [2.45, 2.75) is 51.0 Å². The molecule has 1 saturated carbocycles. The molecule has 0 bridgehead atoms. The number of aryl methyl sites for hydroxylation is 1. The second kappa shape index (κ2) is 8.41. The van der Waals surface area contributed by atoms with Crippen LogP contribution in [0.1, 0.15) is 44.1 Å². The number of carboxylic acids is 1. The number of carbonyl (C=O) groups excluding carboxylic acids is 1. The van der Waals surface area contributed by atoms with Crippen LogP contribution in [0.4, 0.5) is 0 Å². The maximum Gasteiger partial charge on any atom is 0.305 e. The van der Waals surface area contributed by atoms with Gasteiger partial charge in [-0.1, -0.05) is 12.1 Å². The van der Waals surface area contributed by atoms with Crippen LogP contribution in [-0.4, -0.2) is 29.6 Å². The molecule has 120 valence electrons. The summed E-state index contributed by atoms with van der Waals surface area (Å²) in [5.41, 5.74) is 1.06. The Morgan fingerprint density at radius 2 is 2.00 bits per heavy atom. The van der Waals surface area contributed by atoms with Gasteiger partial charge < -0.3 is 15.2 Å². The molecule has 1 amide bonds. The summed E-state index contributed by atoms with van der Waals surface area (Å²) in [5.74, 6) is -0.156. The van der Waals surface area contributed by atoms with E-state index in [1.165, 1.54) is 12.8 Å². The van der Waals surface area contributed by atoms with Crippen LogP contribution in [0.2, 0.25) is 0 Å². The molecule has 5 heteroatoms. The lowest BCUT2D eigenvalue weighted by atomic mass is 10.1. The van der Waals surface area contributed by atoms with Crippen molar-refractivity contribution < 1.29 is 19.4 Å². The van der Waals surface area contributed by atoms with Gasteiger partial charge in [0.25, 0.3) is 0 Å². The van der Waals surface area contributed by atoms with Gasteiger partial charge in [-0.2, -0.15) is 0 Å². The number of carboxylic acid groups (broad SMARTS) is 1. The number of carbonyl (C=O) groups is 2. The van der Waals surface area contributed by atoms with E-state index in [1.807, 2.05) is 24.3 Å². The van der Waals surface area contributed by atoms with E-state index in [-0.39, 0.29) is 18.9 Å². The molecule has 22 heavy (non-hydrogen) atoms. The number of amides is 1. The first-order chi connectivity index (χ1) is 10.6. The molecule has 1 aliphatic rings. The molecule has 0 aliphatic heterocycles. The molecule has 1 aromatic carbocycles. The Hall–Kier alpha value is -2.04. The number of benzene rings is 1. The fourth-order valence-corrected chi connectivity index (χ4v) is 2.63. The number of rotatable bonds is 8. The van der Waals surface area contributed by atoms with E-state index in [4.69, 9.17) is 9.84 Å². The largest absolute Gasteiger partial charge is 0.490 e. The lowest BCUT2D eigenvalue weighted by Gasteiger charge is -2.13. The van der Waals surface area contributed by atoms with Crippen molar-refractivity contribution in [1.82, 2.24) is 5.32 Å². The van der Waals surface area contributed by atoms with E-state index < -0.39 is 5.97 Å². The second-order valence-corrected chi connectivity index (χ2v) is 5.67. The summed E-state index contributed by atoms with van der Waals surface area (Å²) in [6, 6.07) is 7.87. The molecule has 0 unspecified atom stereocenters. The van der Waals surface area contributed by atoms with Crippen molar-refractivity contribution >= 4 is 11.9 Å². The molecule has 5 nitrogen and oxygen atoms in total. The number of hydrogen-bond donors (Lipinski definition) is 2. The molecular weight excluding hydrogens is 282 g/mol. The van der Waals surface area contributed by atoms with E-state index in [0.29, 0.717) is 18.9 Å². The van der Waals surface area contributed by atoms with Crippen molar-refractivity contribution in [2.24, 2.45) is 0 Å². The lowest BCUT2D eigenvalue weighted by molar-refractivity contribution is -0.136. The second-order valence-electron chi connectivity index (χ2n) is 5.67. The van der Waals surface area contributed by atoms with Gasteiger partial charge in [0.15, 0.2) is 0 Å². The van der Waals surface area contributed by atoms with Crippen molar-refractivity contribution in [3.63, 3.8) is 0 Å². The van der Waals surface area contributed by atoms with Crippen LogP contribution in [-0.2, 0) is 16.0 Å². The SMILES string of the molecule is O=C(O)CCNC(=O)CCc1cccc(OC2CCCC2)c1. The van der Waals surface area contributed by atoms with Gasteiger partial charge in [0.2, 0.25) is 5.91 Å². The molecule has 1 aromatic rings. The van der Waals surface area contributed by atoms with E-state index in [0.717, 1.165) is 24.2 Å². The minimum Gasteiger partial charge on any atom is -0.490 e. The predicted octanol–water partition coefficient (Wildman–Crippen LogP) is 2.53. The van der Waals surface area contributed by atoms with E-state index in [1.54, 1.807) is 0 Å². The van der Waals surface area contributed by atoms with Gasteiger partial charge in [-0.25, -0.2) is 0 Å². The molecule has 0 aromatic heterocycles. The molecule has 2 rings (SSSR count). The molecule has 0 saturated heterocycles. The van der Waals surface area contributed by atoms with Crippen LogP contribution < -0.4 is 10.1 Å². The zero-order valence-corrected chi connectivity index (χ0v) is 12.7. The molecule has 2 N–H and O–H groups in total. The topological polar surface area (TPSA) is 75.6 Å². The fraction of sp³-hybridized carbons (Fsp3) is 0.529. The number of hydrogen-bond acceptors (Lipinski definition) is 3. The lowest BCUT2D eigenvalue weighted by Crippen LogP contribution is -2.26. The zero-order valence-electron chi connectivity index (χ0n) is 12.7. The predicted molar refractivity (Wildman–Crippen MR) is 82.9 cm³/mol. The van der Waals surface area contributed by atoms with Crippen molar-refractivity contribution in [2.75, 3.05) is 6.54 Å². The van der Waals surface area contributed by atoms with E-state index in [9.17, 15) is 9.59 Å². The summed E-state index contributed by atoms with van der Waals surface area (Å²) < 4.78 is 5.95. The van der Waals surface area contributed by atoms with Gasteiger partial charge in [-0.3, -0.25) is 9.59 Å². The molecular formula is C17H23NO4. The monoisotopic (exact) mass is 305 g/mol. The van der Waals surface area contributed by atoms with Crippen molar-refractivity contribution in [1.29, 1.82) is 0 Å². The Kier molecular flexibility index (Phi) is 6.25. The van der Waals surface area contributed by atoms with E-state index in [2.05, 4.69) is 5.32 Å². The molecule has 0 heterocycles. The summed E-state index contributed by atoms with van der Waals surface area (Å²) in [7, 11) is 0. The van der Waals surface area contributed by atoms with Gasteiger partial charge in [-0.05, 0) is 49.8 Å². The summed E-state index contributed by atoms with van der Waals surface area (Å²) in [6.07, 6.45) is 5.98. The van der Waals surface area contributed by atoms with Gasteiger partial charge in [0.1, 0.15) is 5.75 Å². The highest BCUT2D eigenvalue weighted by Gasteiger charge is 2.16. The quantitative estimate of drug-likeness (QED) is 0.774.